The SMILES string of the molecule is CC1(C)CCC(C)(C)c2cc(Nc3cc4c(cc3-c3cc(-c5ccc6oc7ccccc7c6c5)c5c6cc7ccccc7cc6n6c5c3Bc3cc5c(cc3-6)C(C)(C)CCC5(C)C)C(C)(C)CCC4(C)C)ccc21. The molecule has 0 atom stereocenters. The Hall–Kier alpha value is -6.52. The fourth-order valence-electron chi connectivity index (χ4n) is 14.7. The van der Waals surface area contributed by atoms with Crippen molar-refractivity contribution < 1.29 is 4.42 Å². The Labute approximate surface area is 439 Å². The summed E-state index contributed by atoms with van der Waals surface area (Å²) in [4.78, 5) is 0. The summed E-state index contributed by atoms with van der Waals surface area (Å²) in [6, 6.07) is 49.9. The Morgan fingerprint density at radius 1 is 0.446 bits per heavy atom. The number of nitrogens with zero attached hydrogens (tertiary/aromatic N) is 1. The summed E-state index contributed by atoms with van der Waals surface area (Å²) in [5.41, 5.74) is 25.4. The van der Waals surface area contributed by atoms with Crippen LogP contribution < -0.4 is 16.2 Å². The molecular formula is C70H71BN2O. The molecule has 370 valence electrons. The van der Waals surface area contributed by atoms with Gasteiger partial charge in [-0.05, 0) is 204 Å². The average Bonchev–Trinajstić information content (AvgIpc) is 3.99. The molecule has 4 heteroatoms. The van der Waals surface area contributed by atoms with Gasteiger partial charge in [-0.2, -0.15) is 0 Å². The number of rotatable bonds is 4. The van der Waals surface area contributed by atoms with Gasteiger partial charge in [-0.15, -0.1) is 0 Å². The first kappa shape index (κ1) is 46.0. The van der Waals surface area contributed by atoms with Crippen LogP contribution in [0.25, 0.3) is 82.5 Å². The van der Waals surface area contributed by atoms with E-state index in [1.807, 2.05) is 0 Å². The molecule has 0 unspecified atom stereocenters. The number of aromatic nitrogens is 1. The van der Waals surface area contributed by atoms with Gasteiger partial charge in [0.25, 0.3) is 0 Å². The molecule has 0 saturated carbocycles. The third-order valence-corrected chi connectivity index (χ3v) is 19.8. The predicted molar refractivity (Wildman–Crippen MR) is 318 cm³/mol. The fraction of sp³-hybridized carbons (Fsp3) is 0.343. The van der Waals surface area contributed by atoms with Crippen molar-refractivity contribution in [3.63, 3.8) is 0 Å². The summed E-state index contributed by atoms with van der Waals surface area (Å²) in [6.45, 7) is 29.6. The maximum atomic E-state index is 6.52. The molecule has 0 radical (unpaired) electrons. The predicted octanol–water partition coefficient (Wildman–Crippen LogP) is 17.7. The minimum Gasteiger partial charge on any atom is -0.456 e. The lowest BCUT2D eigenvalue weighted by Gasteiger charge is -2.43. The van der Waals surface area contributed by atoms with Crippen molar-refractivity contribution in [3.05, 3.63) is 161 Å². The van der Waals surface area contributed by atoms with E-state index in [1.165, 1.54) is 142 Å². The highest BCUT2D eigenvalue weighted by molar-refractivity contribution is 6.73. The Kier molecular flexibility index (Phi) is 9.39. The van der Waals surface area contributed by atoms with E-state index < -0.39 is 0 Å². The molecule has 14 rings (SSSR count). The van der Waals surface area contributed by atoms with E-state index in [9.17, 15) is 0 Å². The van der Waals surface area contributed by atoms with Crippen molar-refractivity contribution in [1.29, 1.82) is 0 Å². The summed E-state index contributed by atoms with van der Waals surface area (Å²) in [5.74, 6) is 0. The number of furan rings is 1. The number of benzene rings is 8. The van der Waals surface area contributed by atoms with Crippen LogP contribution in [0.1, 0.15) is 155 Å². The van der Waals surface area contributed by atoms with Crippen LogP contribution in [0.5, 0.6) is 0 Å². The zero-order valence-electron chi connectivity index (χ0n) is 45.9. The molecule has 8 aromatic carbocycles. The number of fused-ring (bicyclic) bond motifs is 12. The second kappa shape index (κ2) is 15.1. The maximum absolute atomic E-state index is 6.52. The van der Waals surface area contributed by atoms with Gasteiger partial charge in [0.2, 0.25) is 0 Å². The highest BCUT2D eigenvalue weighted by Gasteiger charge is 2.42. The van der Waals surface area contributed by atoms with Gasteiger partial charge in [-0.25, -0.2) is 0 Å². The number of hydrogen-bond donors (Lipinski definition) is 1. The lowest BCUT2D eigenvalue weighted by atomic mass is 9.55. The van der Waals surface area contributed by atoms with Crippen molar-refractivity contribution in [2.45, 2.75) is 154 Å². The average molecular weight is 967 g/mol. The lowest BCUT2D eigenvalue weighted by Crippen LogP contribution is -2.41. The van der Waals surface area contributed by atoms with Crippen LogP contribution in [0.15, 0.2) is 132 Å². The molecule has 4 aliphatic rings. The van der Waals surface area contributed by atoms with Crippen molar-refractivity contribution in [2.75, 3.05) is 5.32 Å². The number of anilines is 2. The first-order chi connectivity index (χ1) is 35.1. The Balaban J connectivity index is 1.13. The molecule has 3 nitrogen and oxygen atoms in total. The van der Waals surface area contributed by atoms with Crippen molar-refractivity contribution in [3.8, 4) is 27.9 Å². The molecule has 3 aliphatic carbocycles. The maximum Gasteiger partial charge on any atom is 0.198 e. The second-order valence-corrected chi connectivity index (χ2v) is 27.4. The van der Waals surface area contributed by atoms with E-state index >= 15 is 0 Å². The van der Waals surface area contributed by atoms with Gasteiger partial charge in [0.1, 0.15) is 11.2 Å². The van der Waals surface area contributed by atoms with E-state index in [4.69, 9.17) is 4.42 Å². The topological polar surface area (TPSA) is 30.1 Å². The summed E-state index contributed by atoms with van der Waals surface area (Å²) in [5, 5.41) is 11.7. The van der Waals surface area contributed by atoms with E-state index in [2.05, 4.69) is 220 Å². The Morgan fingerprint density at radius 3 is 1.70 bits per heavy atom. The molecule has 0 amide bonds. The highest BCUT2D eigenvalue weighted by atomic mass is 16.3. The van der Waals surface area contributed by atoms with E-state index in [1.54, 1.807) is 0 Å². The standard InChI is InChI=1S/C70H71BN2O/c1-65(2)25-26-66(3,4)51-34-43(22-23-50(51)65)72-57-38-54-52(67(5,6)27-29-69(54,9)10)36-46(57)48-35-45(42-21-24-61-47(32-42)44-19-15-16-20-60(44)74-61)62-49-31-40-17-13-14-18-41(40)33-58(49)73-59-39-55-53(37-56(59)71-63(48)64(62)73)68(7,8)28-30-70(55,11)12/h13-24,31-39,71-72H,25-30H2,1-12H3. The van der Waals surface area contributed by atoms with Crippen LogP contribution >= 0.6 is 0 Å². The molecule has 1 aliphatic heterocycles. The van der Waals surface area contributed by atoms with Gasteiger partial charge < -0.3 is 14.3 Å². The normalized spacial score (nSPS) is 19.2. The summed E-state index contributed by atoms with van der Waals surface area (Å²) < 4.78 is 9.23. The molecule has 3 heterocycles. The second-order valence-electron chi connectivity index (χ2n) is 27.4. The van der Waals surface area contributed by atoms with Gasteiger partial charge in [0, 0.05) is 49.7 Å². The molecule has 10 aromatic rings. The van der Waals surface area contributed by atoms with E-state index in [0.717, 1.165) is 42.1 Å². The zero-order valence-corrected chi connectivity index (χ0v) is 45.9. The monoisotopic (exact) mass is 967 g/mol. The van der Waals surface area contributed by atoms with Crippen LogP contribution in [-0.4, -0.2) is 11.8 Å². The minimum atomic E-state index is 0.0101. The summed E-state index contributed by atoms with van der Waals surface area (Å²) >= 11 is 0. The van der Waals surface area contributed by atoms with Crippen LogP contribution in [0.4, 0.5) is 11.4 Å². The van der Waals surface area contributed by atoms with Crippen molar-refractivity contribution >= 4 is 84.1 Å². The molecule has 74 heavy (non-hydrogen) atoms. The van der Waals surface area contributed by atoms with E-state index in [0.29, 0.717) is 0 Å². The summed E-state index contributed by atoms with van der Waals surface area (Å²) in [6.07, 6.45) is 7.04. The third-order valence-electron chi connectivity index (χ3n) is 19.8. The van der Waals surface area contributed by atoms with E-state index in [-0.39, 0.29) is 32.5 Å². The van der Waals surface area contributed by atoms with Gasteiger partial charge in [-0.1, -0.05) is 149 Å². The molecular weight excluding hydrogens is 896 g/mol. The fourth-order valence-corrected chi connectivity index (χ4v) is 14.7. The Morgan fingerprint density at radius 2 is 1.01 bits per heavy atom. The van der Waals surface area contributed by atoms with Crippen LogP contribution in [0.2, 0.25) is 0 Å². The third kappa shape index (κ3) is 6.64. The smallest absolute Gasteiger partial charge is 0.198 e. The van der Waals surface area contributed by atoms with Gasteiger partial charge in [0.15, 0.2) is 7.28 Å². The molecule has 2 aromatic heterocycles. The minimum absolute atomic E-state index is 0.0101. The molecule has 0 fully saturated rings. The van der Waals surface area contributed by atoms with Gasteiger partial charge in [0.05, 0.1) is 5.52 Å². The van der Waals surface area contributed by atoms with Crippen LogP contribution in [0.3, 0.4) is 0 Å². The van der Waals surface area contributed by atoms with Crippen LogP contribution in [-0.2, 0) is 32.5 Å². The lowest BCUT2D eigenvalue weighted by molar-refractivity contribution is 0.332. The molecule has 0 bridgehead atoms. The largest absolute Gasteiger partial charge is 0.456 e. The van der Waals surface area contributed by atoms with Crippen molar-refractivity contribution in [1.82, 2.24) is 4.57 Å². The Bertz CT molecular complexity index is 4090. The molecule has 0 spiro atoms. The van der Waals surface area contributed by atoms with Crippen molar-refractivity contribution in [2.24, 2.45) is 0 Å². The van der Waals surface area contributed by atoms with Gasteiger partial charge >= 0.3 is 0 Å². The number of nitrogens with one attached hydrogen (secondary N) is 1. The van der Waals surface area contributed by atoms with Gasteiger partial charge in [-0.3, -0.25) is 0 Å². The first-order valence-electron chi connectivity index (χ1n) is 27.8. The summed E-state index contributed by atoms with van der Waals surface area (Å²) in [7, 11) is 0.847. The molecule has 1 N–H and O–H groups in total. The first-order valence-corrected chi connectivity index (χ1v) is 27.8. The quantitative estimate of drug-likeness (QED) is 0.178. The highest BCUT2D eigenvalue weighted by Crippen LogP contribution is 2.53. The number of hydrogen-bond acceptors (Lipinski definition) is 2. The van der Waals surface area contributed by atoms with Crippen LogP contribution in [0, 0.1) is 0 Å². The number of para-hydroxylation sites is 1. The zero-order chi connectivity index (χ0) is 51.2. The molecule has 0 saturated heterocycles.